The number of rotatable bonds is 3. The third-order valence-electron chi connectivity index (χ3n) is 1.63. The molecule has 0 unspecified atom stereocenters. The van der Waals surface area contributed by atoms with Crippen molar-refractivity contribution in [2.75, 3.05) is 5.75 Å². The van der Waals surface area contributed by atoms with Crippen LogP contribution in [-0.4, -0.2) is 21.6 Å². The lowest BCUT2D eigenvalue weighted by Crippen LogP contribution is -2.13. The van der Waals surface area contributed by atoms with Crippen LogP contribution in [0.5, 0.6) is 0 Å². The molecule has 1 rings (SSSR count). The highest BCUT2D eigenvalue weighted by molar-refractivity contribution is 7.99. The molecule has 0 saturated carbocycles. The Morgan fingerprint density at radius 1 is 1.53 bits per heavy atom. The van der Waals surface area contributed by atoms with E-state index >= 15 is 0 Å². The fourth-order valence-electron chi connectivity index (χ4n) is 1.05. The zero-order valence-corrected chi connectivity index (χ0v) is 9.26. The summed E-state index contributed by atoms with van der Waals surface area (Å²) < 4.78 is 0. The summed E-state index contributed by atoms with van der Waals surface area (Å²) in [5, 5.41) is 9.41. The normalized spacial score (nSPS) is 9.67. The van der Waals surface area contributed by atoms with Crippen molar-refractivity contribution >= 4 is 17.7 Å². The Hall–Kier alpha value is -1.61. The summed E-state index contributed by atoms with van der Waals surface area (Å²) in [7, 11) is 0. The van der Waals surface area contributed by atoms with Crippen molar-refractivity contribution in [3.63, 3.8) is 0 Å². The Labute approximate surface area is 91.7 Å². The van der Waals surface area contributed by atoms with Crippen molar-refractivity contribution in [3.05, 3.63) is 17.1 Å². The van der Waals surface area contributed by atoms with E-state index in [-0.39, 0.29) is 5.75 Å². The molecule has 6 heteroatoms. The largest absolute Gasteiger partial charge is 0.369 e. The molecule has 5 nitrogen and oxygen atoms in total. The molecule has 0 fully saturated rings. The fourth-order valence-corrected chi connectivity index (χ4v) is 1.87. The second-order valence-corrected chi connectivity index (χ2v) is 3.87. The third kappa shape index (κ3) is 2.92. The number of nitrogens with zero attached hydrogens (tertiary/aromatic N) is 3. The van der Waals surface area contributed by atoms with Crippen molar-refractivity contribution in [1.29, 1.82) is 5.26 Å². The van der Waals surface area contributed by atoms with Gasteiger partial charge in [0.25, 0.3) is 0 Å². The molecule has 0 saturated heterocycles. The van der Waals surface area contributed by atoms with Crippen LogP contribution < -0.4 is 5.73 Å². The first-order valence-electron chi connectivity index (χ1n) is 4.21. The van der Waals surface area contributed by atoms with Gasteiger partial charge < -0.3 is 5.73 Å². The number of nitriles is 1. The van der Waals surface area contributed by atoms with Crippen molar-refractivity contribution in [2.24, 2.45) is 5.73 Å². The van der Waals surface area contributed by atoms with Crippen molar-refractivity contribution in [3.8, 4) is 6.07 Å². The molecule has 0 aliphatic carbocycles. The van der Waals surface area contributed by atoms with E-state index in [1.807, 2.05) is 6.07 Å². The summed E-state index contributed by atoms with van der Waals surface area (Å²) in [4.78, 5) is 18.8. The second-order valence-electron chi connectivity index (χ2n) is 2.90. The van der Waals surface area contributed by atoms with Crippen molar-refractivity contribution in [2.45, 2.75) is 18.9 Å². The molecule has 15 heavy (non-hydrogen) atoms. The molecule has 0 aliphatic rings. The van der Waals surface area contributed by atoms with E-state index < -0.39 is 5.91 Å². The van der Waals surface area contributed by atoms with Gasteiger partial charge in [0.2, 0.25) is 5.91 Å². The molecule has 78 valence electrons. The molecule has 1 aromatic rings. The number of carbonyl (C=O) groups is 1. The molecule has 1 amide bonds. The summed E-state index contributed by atoms with van der Waals surface area (Å²) in [6, 6.07) is 2.02. The first kappa shape index (κ1) is 11.5. The average molecular weight is 222 g/mol. The minimum absolute atomic E-state index is 0.116. The van der Waals surface area contributed by atoms with Gasteiger partial charge in [-0.25, -0.2) is 9.97 Å². The van der Waals surface area contributed by atoms with Crippen molar-refractivity contribution < 1.29 is 4.79 Å². The van der Waals surface area contributed by atoms with Crippen LogP contribution in [0.15, 0.2) is 5.03 Å². The van der Waals surface area contributed by atoms with Crippen LogP contribution in [0.1, 0.15) is 17.1 Å². The molecule has 0 aromatic carbocycles. The minimum Gasteiger partial charge on any atom is -0.369 e. The Morgan fingerprint density at radius 3 is 2.73 bits per heavy atom. The van der Waals surface area contributed by atoms with Crippen LogP contribution >= 0.6 is 11.8 Å². The molecule has 1 aromatic heterocycles. The van der Waals surface area contributed by atoms with Gasteiger partial charge >= 0.3 is 0 Å². The van der Waals surface area contributed by atoms with Gasteiger partial charge in [-0.2, -0.15) is 5.26 Å². The van der Waals surface area contributed by atoms with Gasteiger partial charge in [-0.15, -0.1) is 0 Å². The highest BCUT2D eigenvalue weighted by atomic mass is 32.2. The van der Waals surface area contributed by atoms with E-state index in [0.29, 0.717) is 22.1 Å². The summed E-state index contributed by atoms with van der Waals surface area (Å²) in [5.41, 5.74) is 6.05. The van der Waals surface area contributed by atoms with Gasteiger partial charge in [-0.3, -0.25) is 4.79 Å². The minimum atomic E-state index is -0.433. The Morgan fingerprint density at radius 2 is 2.20 bits per heavy atom. The highest BCUT2D eigenvalue weighted by Crippen LogP contribution is 2.21. The maximum Gasteiger partial charge on any atom is 0.227 e. The second kappa shape index (κ2) is 4.75. The van der Waals surface area contributed by atoms with Crippen LogP contribution in [0.3, 0.4) is 0 Å². The number of aryl methyl sites for hydroxylation is 2. The summed E-state index contributed by atoms with van der Waals surface area (Å²) in [6.45, 7) is 3.48. The van der Waals surface area contributed by atoms with Crippen LogP contribution in [0.25, 0.3) is 0 Å². The Kier molecular flexibility index (Phi) is 3.63. The highest BCUT2D eigenvalue weighted by Gasteiger charge is 2.11. The molecule has 0 bridgehead atoms. The van der Waals surface area contributed by atoms with Gasteiger partial charge in [0.1, 0.15) is 22.5 Å². The standard InChI is InChI=1S/C9H10N4OS/c1-5-7(3-10)9(13-6(2)12-5)15-4-8(11)14/h4H2,1-2H3,(H2,11,14). The number of thioether (sulfide) groups is 1. The summed E-state index contributed by atoms with van der Waals surface area (Å²) in [5.74, 6) is 0.265. The van der Waals surface area contributed by atoms with Gasteiger partial charge in [0.05, 0.1) is 11.4 Å². The zero-order valence-electron chi connectivity index (χ0n) is 8.44. The fraction of sp³-hybridized carbons (Fsp3) is 0.333. The summed E-state index contributed by atoms with van der Waals surface area (Å²) >= 11 is 1.16. The number of hydrogen-bond donors (Lipinski definition) is 1. The molecule has 2 N–H and O–H groups in total. The first-order valence-corrected chi connectivity index (χ1v) is 5.19. The van der Waals surface area contributed by atoms with Crippen LogP contribution in [0, 0.1) is 25.2 Å². The number of primary amides is 1. The van der Waals surface area contributed by atoms with Crippen LogP contribution in [0.2, 0.25) is 0 Å². The Bertz CT molecular complexity index is 438. The van der Waals surface area contributed by atoms with E-state index in [1.54, 1.807) is 13.8 Å². The van der Waals surface area contributed by atoms with Gasteiger partial charge in [-0.05, 0) is 13.8 Å². The zero-order chi connectivity index (χ0) is 11.4. The molecule has 0 aliphatic heterocycles. The molecule has 1 heterocycles. The topological polar surface area (TPSA) is 92.7 Å². The predicted octanol–water partition coefficient (Wildman–Crippen LogP) is 0.543. The van der Waals surface area contributed by atoms with E-state index in [9.17, 15) is 4.79 Å². The van der Waals surface area contributed by atoms with Gasteiger partial charge in [-0.1, -0.05) is 11.8 Å². The number of hydrogen-bond acceptors (Lipinski definition) is 5. The summed E-state index contributed by atoms with van der Waals surface area (Å²) in [6.07, 6.45) is 0. The molecular formula is C9H10N4OS. The van der Waals surface area contributed by atoms with Gasteiger partial charge in [0.15, 0.2) is 0 Å². The van der Waals surface area contributed by atoms with Crippen LogP contribution in [0.4, 0.5) is 0 Å². The maximum absolute atomic E-state index is 10.6. The predicted molar refractivity (Wildman–Crippen MR) is 56.1 cm³/mol. The number of nitrogens with two attached hydrogens (primary N) is 1. The van der Waals surface area contributed by atoms with E-state index in [2.05, 4.69) is 9.97 Å². The molecule has 0 radical (unpaired) electrons. The van der Waals surface area contributed by atoms with Gasteiger partial charge in [0, 0.05) is 0 Å². The smallest absolute Gasteiger partial charge is 0.227 e. The van der Waals surface area contributed by atoms with E-state index in [1.165, 1.54) is 0 Å². The van der Waals surface area contributed by atoms with E-state index in [4.69, 9.17) is 11.0 Å². The number of carbonyl (C=O) groups excluding carboxylic acids is 1. The van der Waals surface area contributed by atoms with E-state index in [0.717, 1.165) is 11.8 Å². The molecular weight excluding hydrogens is 212 g/mol. The lowest BCUT2D eigenvalue weighted by Gasteiger charge is -2.04. The maximum atomic E-state index is 10.6. The Balaban J connectivity index is 3.05. The lowest BCUT2D eigenvalue weighted by molar-refractivity contribution is -0.115. The average Bonchev–Trinajstić information content (AvgIpc) is 2.13. The first-order chi connectivity index (χ1) is 7.04. The SMILES string of the molecule is Cc1nc(C)c(C#N)c(SCC(N)=O)n1. The number of amides is 1. The monoisotopic (exact) mass is 222 g/mol. The molecule has 0 spiro atoms. The van der Waals surface area contributed by atoms with Crippen molar-refractivity contribution in [1.82, 2.24) is 9.97 Å². The lowest BCUT2D eigenvalue weighted by atomic mass is 10.3. The quantitative estimate of drug-likeness (QED) is 0.595. The molecule has 0 atom stereocenters. The number of aromatic nitrogens is 2. The third-order valence-corrected chi connectivity index (χ3v) is 2.63. The van der Waals surface area contributed by atoms with Crippen LogP contribution in [-0.2, 0) is 4.79 Å².